The van der Waals surface area contributed by atoms with Crippen molar-refractivity contribution in [2.45, 2.75) is 27.3 Å². The first-order chi connectivity index (χ1) is 8.06. The monoisotopic (exact) mass is 233 g/mol. The zero-order chi connectivity index (χ0) is 12.4. The molecule has 2 heterocycles. The van der Waals surface area contributed by atoms with Crippen molar-refractivity contribution in [1.29, 1.82) is 0 Å². The molecule has 17 heavy (non-hydrogen) atoms. The van der Waals surface area contributed by atoms with Crippen LogP contribution in [0.5, 0.6) is 0 Å². The summed E-state index contributed by atoms with van der Waals surface area (Å²) in [5.74, 6) is 2.41. The van der Waals surface area contributed by atoms with Gasteiger partial charge in [-0.1, -0.05) is 13.8 Å². The van der Waals surface area contributed by atoms with E-state index >= 15 is 0 Å². The first-order valence-electron chi connectivity index (χ1n) is 5.85. The minimum atomic E-state index is 0.593. The predicted octanol–water partition coefficient (Wildman–Crippen LogP) is 2.32. The Morgan fingerprint density at radius 2 is 2.18 bits per heavy atom. The second-order valence-electron chi connectivity index (χ2n) is 4.72. The van der Waals surface area contributed by atoms with Crippen LogP contribution in [0.1, 0.15) is 19.5 Å². The number of nitrogens with zero attached hydrogens (tertiary/aromatic N) is 4. The average molecular weight is 233 g/mol. The molecule has 2 rings (SSSR count). The summed E-state index contributed by atoms with van der Waals surface area (Å²) >= 11 is 0. The molecule has 0 aliphatic rings. The van der Waals surface area contributed by atoms with Crippen LogP contribution in [0.25, 0.3) is 0 Å². The van der Waals surface area contributed by atoms with Crippen LogP contribution in [-0.2, 0) is 13.6 Å². The molecule has 0 unspecified atom stereocenters. The van der Waals surface area contributed by atoms with E-state index in [4.69, 9.17) is 0 Å². The van der Waals surface area contributed by atoms with Crippen LogP contribution in [0, 0.1) is 12.8 Å². The molecular weight excluding hydrogens is 214 g/mol. The van der Waals surface area contributed by atoms with Crippen LogP contribution in [0.3, 0.4) is 0 Å². The van der Waals surface area contributed by atoms with Gasteiger partial charge in [0.2, 0.25) is 5.95 Å². The third-order valence-electron chi connectivity index (χ3n) is 2.52. The quantitative estimate of drug-likeness (QED) is 0.881. The van der Waals surface area contributed by atoms with E-state index in [-0.39, 0.29) is 0 Å². The van der Waals surface area contributed by atoms with Gasteiger partial charge in [0.25, 0.3) is 0 Å². The molecule has 1 N–H and O–H groups in total. The molecular formula is C12H19N5. The first kappa shape index (κ1) is 11.7. The highest BCUT2D eigenvalue weighted by molar-refractivity contribution is 5.48. The molecule has 0 atom stereocenters. The number of aryl methyl sites for hydroxylation is 2. The summed E-state index contributed by atoms with van der Waals surface area (Å²) in [5, 5.41) is 7.43. The summed E-state index contributed by atoms with van der Waals surface area (Å²) in [6.45, 7) is 7.36. The Labute approximate surface area is 101 Å². The lowest BCUT2D eigenvalue weighted by molar-refractivity contribution is 0.527. The first-order valence-corrected chi connectivity index (χ1v) is 5.85. The van der Waals surface area contributed by atoms with Crippen molar-refractivity contribution >= 4 is 11.8 Å². The van der Waals surface area contributed by atoms with Crippen molar-refractivity contribution in [3.63, 3.8) is 0 Å². The van der Waals surface area contributed by atoms with Gasteiger partial charge in [0.15, 0.2) is 0 Å². The van der Waals surface area contributed by atoms with Crippen LogP contribution in [-0.4, -0.2) is 19.3 Å². The highest BCUT2D eigenvalue weighted by Crippen LogP contribution is 2.16. The number of aromatic nitrogens is 4. The zero-order valence-electron chi connectivity index (χ0n) is 10.8. The van der Waals surface area contributed by atoms with Gasteiger partial charge in [0.05, 0.1) is 11.9 Å². The van der Waals surface area contributed by atoms with Crippen molar-refractivity contribution in [2.75, 3.05) is 5.32 Å². The molecule has 0 saturated carbocycles. The van der Waals surface area contributed by atoms with Crippen molar-refractivity contribution in [2.24, 2.45) is 13.0 Å². The van der Waals surface area contributed by atoms with E-state index < -0.39 is 0 Å². The maximum absolute atomic E-state index is 4.49. The second-order valence-corrected chi connectivity index (χ2v) is 4.72. The third-order valence-corrected chi connectivity index (χ3v) is 2.52. The number of imidazole rings is 1. The number of rotatable bonds is 4. The number of hydrogen-bond donors (Lipinski definition) is 1. The molecule has 2 aromatic heterocycles. The number of nitrogens with one attached hydrogen (secondary N) is 1. The van der Waals surface area contributed by atoms with E-state index in [1.165, 1.54) is 0 Å². The van der Waals surface area contributed by atoms with E-state index in [1.807, 2.05) is 20.0 Å². The fourth-order valence-electron chi connectivity index (χ4n) is 1.79. The second kappa shape index (κ2) is 4.61. The highest BCUT2D eigenvalue weighted by Gasteiger charge is 2.08. The maximum Gasteiger partial charge on any atom is 0.208 e. The Kier molecular flexibility index (Phi) is 3.17. The minimum Gasteiger partial charge on any atom is -0.317 e. The molecule has 0 aliphatic carbocycles. The van der Waals surface area contributed by atoms with Gasteiger partial charge in [-0.15, -0.1) is 0 Å². The van der Waals surface area contributed by atoms with Gasteiger partial charge in [-0.3, -0.25) is 4.68 Å². The average Bonchev–Trinajstić information content (AvgIpc) is 2.75. The molecule has 92 valence electrons. The molecule has 0 radical (unpaired) electrons. The van der Waals surface area contributed by atoms with Crippen LogP contribution in [0.4, 0.5) is 11.8 Å². The standard InChI is InChI=1S/C12H19N5/c1-9(2)7-17-8-10(3)14-12(17)15-11-5-6-13-16(11)4/h5-6,8-9H,7H2,1-4H3,(H,14,15). The molecule has 2 aromatic rings. The topological polar surface area (TPSA) is 47.7 Å². The minimum absolute atomic E-state index is 0.593. The van der Waals surface area contributed by atoms with Crippen LogP contribution in [0.2, 0.25) is 0 Å². The van der Waals surface area contributed by atoms with Gasteiger partial charge >= 0.3 is 0 Å². The summed E-state index contributed by atoms with van der Waals surface area (Å²) in [4.78, 5) is 4.49. The van der Waals surface area contributed by atoms with Gasteiger partial charge in [-0.25, -0.2) is 4.98 Å². The molecule has 0 bridgehead atoms. The van der Waals surface area contributed by atoms with Crippen molar-refractivity contribution in [3.8, 4) is 0 Å². The smallest absolute Gasteiger partial charge is 0.208 e. The van der Waals surface area contributed by atoms with Gasteiger partial charge in [-0.2, -0.15) is 5.10 Å². The van der Waals surface area contributed by atoms with Gasteiger partial charge in [0.1, 0.15) is 5.82 Å². The Morgan fingerprint density at radius 3 is 2.76 bits per heavy atom. The predicted molar refractivity (Wildman–Crippen MR) is 68.3 cm³/mol. The highest BCUT2D eigenvalue weighted by atomic mass is 15.3. The van der Waals surface area contributed by atoms with Crippen molar-refractivity contribution in [3.05, 3.63) is 24.2 Å². The van der Waals surface area contributed by atoms with Gasteiger partial charge in [-0.05, 0) is 12.8 Å². The van der Waals surface area contributed by atoms with Crippen molar-refractivity contribution in [1.82, 2.24) is 19.3 Å². The Bertz CT molecular complexity index is 495. The van der Waals surface area contributed by atoms with Crippen LogP contribution in [0.15, 0.2) is 18.5 Å². The summed E-state index contributed by atoms with van der Waals surface area (Å²) in [6, 6.07) is 1.93. The summed E-state index contributed by atoms with van der Waals surface area (Å²) in [5.41, 5.74) is 1.02. The summed E-state index contributed by atoms with van der Waals surface area (Å²) in [7, 11) is 1.91. The Balaban J connectivity index is 2.23. The van der Waals surface area contributed by atoms with Gasteiger partial charge < -0.3 is 9.88 Å². The molecule has 5 nitrogen and oxygen atoms in total. The fourth-order valence-corrected chi connectivity index (χ4v) is 1.79. The molecule has 0 spiro atoms. The molecule has 5 heteroatoms. The normalized spacial score (nSPS) is 11.1. The molecule has 0 fully saturated rings. The van der Waals surface area contributed by atoms with E-state index in [9.17, 15) is 0 Å². The van der Waals surface area contributed by atoms with Crippen molar-refractivity contribution < 1.29 is 0 Å². The molecule has 0 saturated heterocycles. The molecule has 0 aromatic carbocycles. The maximum atomic E-state index is 4.49. The number of anilines is 2. The summed E-state index contributed by atoms with van der Waals surface area (Å²) in [6.07, 6.45) is 3.84. The van der Waals surface area contributed by atoms with E-state index in [0.717, 1.165) is 24.0 Å². The lowest BCUT2D eigenvalue weighted by atomic mass is 10.2. The van der Waals surface area contributed by atoms with E-state index in [1.54, 1.807) is 10.9 Å². The number of hydrogen-bond acceptors (Lipinski definition) is 3. The zero-order valence-corrected chi connectivity index (χ0v) is 10.8. The third kappa shape index (κ3) is 2.67. The van der Waals surface area contributed by atoms with Crippen LogP contribution >= 0.6 is 0 Å². The fraction of sp³-hybridized carbons (Fsp3) is 0.500. The van der Waals surface area contributed by atoms with Gasteiger partial charge in [0, 0.05) is 25.9 Å². The molecule has 0 aliphatic heterocycles. The Hall–Kier alpha value is -1.78. The summed E-state index contributed by atoms with van der Waals surface area (Å²) < 4.78 is 3.94. The lowest BCUT2D eigenvalue weighted by Crippen LogP contribution is -2.09. The van der Waals surface area contributed by atoms with Crippen LogP contribution < -0.4 is 5.32 Å². The van der Waals surface area contributed by atoms with E-state index in [2.05, 4.69) is 40.0 Å². The van der Waals surface area contributed by atoms with E-state index in [0.29, 0.717) is 5.92 Å². The lowest BCUT2D eigenvalue weighted by Gasteiger charge is -2.11. The Morgan fingerprint density at radius 1 is 1.41 bits per heavy atom. The largest absolute Gasteiger partial charge is 0.317 e. The molecule has 0 amide bonds. The SMILES string of the molecule is Cc1cn(CC(C)C)c(Nc2ccnn2C)n1.